The van der Waals surface area contributed by atoms with E-state index in [0.29, 0.717) is 40.5 Å². The molecule has 13 nitrogen and oxygen atoms in total. The minimum absolute atomic E-state index is 0.0325. The van der Waals surface area contributed by atoms with Crippen LogP contribution in [0.5, 0.6) is 5.88 Å². The molecule has 2 saturated carbocycles. The Balaban J connectivity index is 1.18. The minimum atomic E-state index is -1.43. The molecule has 3 N–H and O–H groups in total. The lowest BCUT2D eigenvalue weighted by molar-refractivity contribution is -0.145. The van der Waals surface area contributed by atoms with Crippen molar-refractivity contribution in [2.24, 2.45) is 5.92 Å². The highest BCUT2D eigenvalue weighted by Crippen LogP contribution is 2.45. The molecule has 3 aromatic heterocycles. The first kappa shape index (κ1) is 32.9. The average Bonchev–Trinajstić information content (AvgIpc) is 3.54. The molecule has 0 radical (unpaired) electrons. The van der Waals surface area contributed by atoms with Gasteiger partial charge in [0, 0.05) is 18.5 Å². The van der Waals surface area contributed by atoms with Crippen LogP contribution < -0.4 is 15.4 Å². The predicted molar refractivity (Wildman–Crippen MR) is 180 cm³/mol. The summed E-state index contributed by atoms with van der Waals surface area (Å²) in [5.41, 5.74) is -0.862. The second-order valence-corrected chi connectivity index (χ2v) is 14.2. The van der Waals surface area contributed by atoms with Crippen molar-refractivity contribution in [3.8, 4) is 17.4 Å². The van der Waals surface area contributed by atoms with E-state index < -0.39 is 47.6 Å². The number of carboxylic acid groups (broad SMARTS) is 1. The van der Waals surface area contributed by atoms with Gasteiger partial charge in [-0.2, -0.15) is 4.98 Å². The smallest absolute Gasteiger partial charge is 0.408 e. The molecule has 3 amide bonds. The minimum Gasteiger partial charge on any atom is -0.479 e. The van der Waals surface area contributed by atoms with Gasteiger partial charge in [0.25, 0.3) is 0 Å². The number of rotatable bonds is 6. The molecule has 5 atom stereocenters. The molecule has 0 bridgehead atoms. The zero-order valence-corrected chi connectivity index (χ0v) is 27.9. The molecule has 0 spiro atoms. The van der Waals surface area contributed by atoms with Crippen LogP contribution in [-0.2, 0) is 19.1 Å². The number of carbonyl (C=O) groups is 4. The van der Waals surface area contributed by atoms with Gasteiger partial charge in [0.1, 0.15) is 40.4 Å². The molecule has 258 valence electrons. The number of hydrogen-bond donors (Lipinski definition) is 3. The van der Waals surface area contributed by atoms with Crippen molar-refractivity contribution in [3.63, 3.8) is 0 Å². The Morgan fingerprint density at radius 1 is 1.04 bits per heavy atom. The van der Waals surface area contributed by atoms with Crippen molar-refractivity contribution < 1.29 is 33.8 Å². The first-order valence-electron chi connectivity index (χ1n) is 17.1. The SMILES string of the molecule is O=C(N[C@H]1CCCCC/C=C\[C@H]2C[C@@]2(C(=O)O)NC(=O)[C@@H]2C[C@@H](Oc3nc(-c4ccccn4)nc4sccc34)CN2C1=O)OC1CCCC1. The summed E-state index contributed by atoms with van der Waals surface area (Å²) < 4.78 is 12.1. The van der Waals surface area contributed by atoms with Gasteiger partial charge in [0.2, 0.25) is 17.7 Å². The molecule has 2 aliphatic carbocycles. The third-order valence-corrected chi connectivity index (χ3v) is 10.8. The van der Waals surface area contributed by atoms with E-state index in [4.69, 9.17) is 9.47 Å². The van der Waals surface area contributed by atoms with Crippen molar-refractivity contribution in [2.75, 3.05) is 6.54 Å². The summed E-state index contributed by atoms with van der Waals surface area (Å²) in [6, 6.07) is 5.35. The molecule has 49 heavy (non-hydrogen) atoms. The fourth-order valence-corrected chi connectivity index (χ4v) is 7.92. The quantitative estimate of drug-likeness (QED) is 0.310. The molecule has 3 aromatic rings. The lowest BCUT2D eigenvalue weighted by atomic mass is 10.0. The molecule has 14 heteroatoms. The average molecular weight is 689 g/mol. The monoisotopic (exact) mass is 688 g/mol. The van der Waals surface area contributed by atoms with Gasteiger partial charge < -0.3 is 30.1 Å². The van der Waals surface area contributed by atoms with E-state index in [1.165, 1.54) is 16.2 Å². The molecular weight excluding hydrogens is 648 g/mol. The lowest BCUT2D eigenvalue weighted by Gasteiger charge is -2.29. The van der Waals surface area contributed by atoms with Crippen LogP contribution in [0.3, 0.4) is 0 Å². The molecule has 5 heterocycles. The van der Waals surface area contributed by atoms with Gasteiger partial charge in [-0.1, -0.05) is 31.1 Å². The molecular formula is C35H40N6O7S. The zero-order chi connectivity index (χ0) is 34.0. The van der Waals surface area contributed by atoms with E-state index in [2.05, 4.69) is 25.6 Å². The summed E-state index contributed by atoms with van der Waals surface area (Å²) in [6.45, 7) is 0.0325. The number of amides is 3. The summed E-state index contributed by atoms with van der Waals surface area (Å²) in [7, 11) is 0. The summed E-state index contributed by atoms with van der Waals surface area (Å²) in [6.07, 6.45) is 11.4. The molecule has 2 aliphatic heterocycles. The van der Waals surface area contributed by atoms with E-state index in [9.17, 15) is 24.3 Å². The number of alkyl carbamates (subject to hydrolysis) is 1. The van der Waals surface area contributed by atoms with E-state index in [-0.39, 0.29) is 31.4 Å². The summed E-state index contributed by atoms with van der Waals surface area (Å²) in [5.74, 6) is -1.77. The molecule has 3 fully saturated rings. The van der Waals surface area contributed by atoms with Gasteiger partial charge in [-0.3, -0.25) is 14.6 Å². The highest BCUT2D eigenvalue weighted by Gasteiger charge is 2.61. The third kappa shape index (κ3) is 7.10. The lowest BCUT2D eigenvalue weighted by Crippen LogP contribution is -2.56. The Bertz CT molecular complexity index is 1740. The number of allylic oxidation sites excluding steroid dienone is 1. The van der Waals surface area contributed by atoms with Crippen LogP contribution >= 0.6 is 11.3 Å². The Morgan fingerprint density at radius 3 is 2.67 bits per heavy atom. The predicted octanol–water partition coefficient (Wildman–Crippen LogP) is 4.62. The maximum absolute atomic E-state index is 14.4. The number of fused-ring (bicyclic) bond motifs is 3. The summed E-state index contributed by atoms with van der Waals surface area (Å²) >= 11 is 1.43. The van der Waals surface area contributed by atoms with Crippen LogP contribution in [0.2, 0.25) is 0 Å². The van der Waals surface area contributed by atoms with Gasteiger partial charge in [0.05, 0.1) is 11.9 Å². The molecule has 4 aliphatic rings. The Morgan fingerprint density at radius 2 is 1.88 bits per heavy atom. The third-order valence-electron chi connectivity index (χ3n) is 9.95. The number of aliphatic carboxylic acids is 1. The largest absolute Gasteiger partial charge is 0.479 e. The standard InChI is InChI=1S/C35H40N6O7S/c42-29-27-18-23(47-30-24-15-17-49-31(24)39-28(38-30)25-13-8-9-16-36-25)20-41(27)32(43)26(37-34(46)48-22-11-6-7-12-22)14-5-3-1-2-4-10-21-19-35(21,40-29)33(44)45/h4,8-10,13,15-17,21-23,26-27H,1-3,5-7,11-12,14,18-20H2,(H,37,46)(H,40,42)(H,44,45)/b10-4-/t21-,23+,26-,27-,35+/m0/s1. The van der Waals surface area contributed by atoms with Crippen molar-refractivity contribution in [2.45, 2.75) is 100 Å². The maximum atomic E-state index is 14.4. The number of nitrogens with one attached hydrogen (secondary N) is 2. The highest BCUT2D eigenvalue weighted by atomic mass is 32.1. The number of aromatic nitrogens is 3. The van der Waals surface area contributed by atoms with Crippen molar-refractivity contribution >= 4 is 45.4 Å². The number of hydrogen-bond acceptors (Lipinski definition) is 10. The van der Waals surface area contributed by atoms with E-state index in [0.717, 1.165) is 44.9 Å². The van der Waals surface area contributed by atoms with Gasteiger partial charge >= 0.3 is 12.1 Å². The van der Waals surface area contributed by atoms with Gasteiger partial charge in [-0.15, -0.1) is 11.3 Å². The topological polar surface area (TPSA) is 173 Å². The molecule has 7 rings (SSSR count). The van der Waals surface area contributed by atoms with Gasteiger partial charge in [-0.25, -0.2) is 14.6 Å². The number of nitrogens with zero attached hydrogens (tertiary/aromatic N) is 4. The maximum Gasteiger partial charge on any atom is 0.408 e. The van der Waals surface area contributed by atoms with E-state index >= 15 is 0 Å². The van der Waals surface area contributed by atoms with Crippen LogP contribution in [0.4, 0.5) is 4.79 Å². The first-order chi connectivity index (χ1) is 23.8. The van der Waals surface area contributed by atoms with Gasteiger partial charge in [-0.05, 0) is 74.9 Å². The van der Waals surface area contributed by atoms with Crippen LogP contribution in [-0.4, -0.2) is 85.2 Å². The van der Waals surface area contributed by atoms with Crippen molar-refractivity contribution in [3.05, 3.63) is 48.0 Å². The second-order valence-electron chi connectivity index (χ2n) is 13.3. The van der Waals surface area contributed by atoms with Gasteiger partial charge in [0.15, 0.2) is 5.82 Å². The number of carbonyl (C=O) groups excluding carboxylic acids is 3. The first-order valence-corrected chi connectivity index (χ1v) is 18.0. The Hall–Kier alpha value is -4.59. The van der Waals surface area contributed by atoms with Crippen molar-refractivity contribution in [1.29, 1.82) is 0 Å². The second kappa shape index (κ2) is 14.1. The van der Waals surface area contributed by atoms with E-state index in [1.54, 1.807) is 18.3 Å². The number of ether oxygens (including phenoxy) is 2. The Labute approximate surface area is 287 Å². The number of carboxylic acids is 1. The fraction of sp³-hybridized carbons (Fsp3) is 0.514. The summed E-state index contributed by atoms with van der Waals surface area (Å²) in [4.78, 5) is 69.7. The molecule has 1 saturated heterocycles. The van der Waals surface area contributed by atoms with Crippen LogP contribution in [0, 0.1) is 5.92 Å². The Kier molecular flexibility index (Phi) is 9.48. The van der Waals surface area contributed by atoms with Crippen molar-refractivity contribution in [1.82, 2.24) is 30.5 Å². The normalized spacial score (nSPS) is 28.4. The fourth-order valence-electron chi connectivity index (χ4n) is 7.17. The molecule has 0 unspecified atom stereocenters. The van der Waals surface area contributed by atoms with E-state index in [1.807, 2.05) is 29.7 Å². The number of thiophene rings is 1. The number of pyridine rings is 1. The van der Waals surface area contributed by atoms with Crippen LogP contribution in [0.15, 0.2) is 48.0 Å². The van der Waals surface area contributed by atoms with Crippen LogP contribution in [0.1, 0.15) is 70.6 Å². The highest BCUT2D eigenvalue weighted by molar-refractivity contribution is 7.16. The summed E-state index contributed by atoms with van der Waals surface area (Å²) in [5, 5.41) is 18.3. The zero-order valence-electron chi connectivity index (χ0n) is 27.1. The molecule has 0 aromatic carbocycles. The van der Waals surface area contributed by atoms with Crippen LogP contribution in [0.25, 0.3) is 21.7 Å².